The molecule has 2 aliphatic heterocycles. The Balaban J connectivity index is 1.61. The fraction of sp³-hybridized carbons (Fsp3) is 0.529. The lowest BCUT2D eigenvalue weighted by Gasteiger charge is -2.27. The van der Waals surface area contributed by atoms with Gasteiger partial charge in [-0.05, 0) is 18.4 Å². The van der Waals surface area contributed by atoms with Gasteiger partial charge in [0.05, 0.1) is 12.1 Å². The summed E-state index contributed by atoms with van der Waals surface area (Å²) in [5, 5.41) is 12.2. The van der Waals surface area contributed by atoms with Gasteiger partial charge in [0, 0.05) is 24.0 Å². The number of aliphatic carboxylic acids is 1. The van der Waals surface area contributed by atoms with Crippen LogP contribution in [0.15, 0.2) is 30.3 Å². The molecule has 124 valence electrons. The van der Waals surface area contributed by atoms with E-state index in [0.29, 0.717) is 18.2 Å². The number of amides is 2. The summed E-state index contributed by atoms with van der Waals surface area (Å²) >= 11 is 1.91. The first-order valence-electron chi connectivity index (χ1n) is 8.09. The Morgan fingerprint density at radius 3 is 2.83 bits per heavy atom. The van der Waals surface area contributed by atoms with Crippen molar-refractivity contribution in [1.82, 2.24) is 10.2 Å². The molecule has 0 aromatic heterocycles. The summed E-state index contributed by atoms with van der Waals surface area (Å²) in [7, 11) is 0. The van der Waals surface area contributed by atoms with Crippen molar-refractivity contribution in [1.29, 1.82) is 0 Å². The summed E-state index contributed by atoms with van der Waals surface area (Å²) in [5.41, 5.74) is 1.14. The van der Waals surface area contributed by atoms with Crippen molar-refractivity contribution < 1.29 is 14.7 Å². The number of carbonyl (C=O) groups is 2. The third-order valence-corrected chi connectivity index (χ3v) is 6.03. The predicted octanol–water partition coefficient (Wildman–Crippen LogP) is 2.71. The summed E-state index contributed by atoms with van der Waals surface area (Å²) in [6.07, 6.45) is 2.82. The number of thioether (sulfide) groups is 1. The van der Waals surface area contributed by atoms with E-state index in [1.165, 1.54) is 0 Å². The molecule has 0 aliphatic carbocycles. The molecule has 1 aromatic rings. The van der Waals surface area contributed by atoms with Crippen LogP contribution in [0.1, 0.15) is 31.2 Å². The van der Waals surface area contributed by atoms with E-state index in [-0.39, 0.29) is 24.5 Å². The van der Waals surface area contributed by atoms with Crippen molar-refractivity contribution >= 4 is 23.8 Å². The van der Waals surface area contributed by atoms with Gasteiger partial charge in [0.15, 0.2) is 0 Å². The Hall–Kier alpha value is -1.69. The SMILES string of the molecule is O=C(O)CCCC[C@@H]1SC[C@@H]2NC(=O)N(Cc3ccccc3)[C@@H]21. The average Bonchev–Trinajstić information content (AvgIpc) is 3.05. The zero-order chi connectivity index (χ0) is 16.2. The van der Waals surface area contributed by atoms with Crippen molar-refractivity contribution in [3.8, 4) is 0 Å². The highest BCUT2D eigenvalue weighted by Gasteiger charge is 2.47. The quantitative estimate of drug-likeness (QED) is 0.594. The van der Waals surface area contributed by atoms with E-state index in [1.54, 1.807) is 0 Å². The number of carboxylic acid groups (broad SMARTS) is 1. The fourth-order valence-electron chi connectivity index (χ4n) is 3.44. The molecule has 0 spiro atoms. The van der Waals surface area contributed by atoms with E-state index in [1.807, 2.05) is 47.0 Å². The molecule has 2 saturated heterocycles. The average molecular weight is 334 g/mol. The second-order valence-electron chi connectivity index (χ2n) is 6.17. The number of benzene rings is 1. The van der Waals surface area contributed by atoms with Gasteiger partial charge in [0.1, 0.15) is 0 Å². The minimum Gasteiger partial charge on any atom is -0.481 e. The van der Waals surface area contributed by atoms with Gasteiger partial charge < -0.3 is 15.3 Å². The highest BCUT2D eigenvalue weighted by atomic mass is 32.2. The molecule has 2 heterocycles. The fourth-order valence-corrected chi connectivity index (χ4v) is 5.04. The second-order valence-corrected chi connectivity index (χ2v) is 7.44. The zero-order valence-corrected chi connectivity index (χ0v) is 13.8. The molecule has 5 nitrogen and oxygen atoms in total. The number of fused-ring (bicyclic) bond motifs is 1. The number of rotatable bonds is 7. The summed E-state index contributed by atoms with van der Waals surface area (Å²) in [4.78, 5) is 24.9. The second kappa shape index (κ2) is 7.25. The Morgan fingerprint density at radius 2 is 2.09 bits per heavy atom. The number of unbranched alkanes of at least 4 members (excludes halogenated alkanes) is 1. The molecule has 0 unspecified atom stereocenters. The van der Waals surface area contributed by atoms with Crippen LogP contribution in [-0.2, 0) is 11.3 Å². The molecule has 6 heteroatoms. The normalized spacial score (nSPS) is 26.2. The minimum atomic E-state index is -0.731. The zero-order valence-electron chi connectivity index (χ0n) is 13.0. The molecule has 1 aromatic carbocycles. The van der Waals surface area contributed by atoms with E-state index in [2.05, 4.69) is 5.32 Å². The van der Waals surface area contributed by atoms with E-state index in [4.69, 9.17) is 5.11 Å². The minimum absolute atomic E-state index is 0.0275. The summed E-state index contributed by atoms with van der Waals surface area (Å²) < 4.78 is 0. The van der Waals surface area contributed by atoms with Crippen molar-refractivity contribution in [2.75, 3.05) is 5.75 Å². The van der Waals surface area contributed by atoms with Crippen molar-refractivity contribution in [2.24, 2.45) is 0 Å². The van der Waals surface area contributed by atoms with Gasteiger partial charge in [0.2, 0.25) is 0 Å². The maximum Gasteiger partial charge on any atom is 0.318 e. The summed E-state index contributed by atoms with van der Waals surface area (Å²) in [6.45, 7) is 0.639. The van der Waals surface area contributed by atoms with Crippen LogP contribution in [0.5, 0.6) is 0 Å². The number of nitrogens with one attached hydrogen (secondary N) is 1. The highest BCUT2D eigenvalue weighted by Crippen LogP contribution is 2.38. The van der Waals surface area contributed by atoms with Crippen molar-refractivity contribution in [2.45, 2.75) is 49.6 Å². The third kappa shape index (κ3) is 3.80. The molecule has 2 amide bonds. The van der Waals surface area contributed by atoms with Crippen molar-refractivity contribution in [3.05, 3.63) is 35.9 Å². The van der Waals surface area contributed by atoms with Gasteiger partial charge in [0.25, 0.3) is 0 Å². The molecular weight excluding hydrogens is 312 g/mol. The Bertz CT molecular complexity index is 566. The van der Waals surface area contributed by atoms with E-state index in [9.17, 15) is 9.59 Å². The molecule has 3 rings (SSSR count). The molecular formula is C17H22N2O3S. The van der Waals surface area contributed by atoms with Gasteiger partial charge >= 0.3 is 12.0 Å². The summed E-state index contributed by atoms with van der Waals surface area (Å²) in [5.74, 6) is 0.219. The van der Waals surface area contributed by atoms with Crippen LogP contribution in [0.3, 0.4) is 0 Å². The highest BCUT2D eigenvalue weighted by molar-refractivity contribution is 8.00. The lowest BCUT2D eigenvalue weighted by Crippen LogP contribution is -2.40. The number of carboxylic acids is 1. The molecule has 3 atom stereocenters. The maximum atomic E-state index is 12.3. The first-order valence-corrected chi connectivity index (χ1v) is 9.14. The van der Waals surface area contributed by atoms with Gasteiger partial charge in [-0.2, -0.15) is 11.8 Å². The van der Waals surface area contributed by atoms with Crippen LogP contribution in [0.4, 0.5) is 4.79 Å². The third-order valence-electron chi connectivity index (χ3n) is 4.54. The van der Waals surface area contributed by atoms with E-state index < -0.39 is 5.97 Å². The molecule has 0 radical (unpaired) electrons. The largest absolute Gasteiger partial charge is 0.481 e. The van der Waals surface area contributed by atoms with Gasteiger partial charge in [-0.15, -0.1) is 0 Å². The van der Waals surface area contributed by atoms with Crippen LogP contribution in [0.25, 0.3) is 0 Å². The van der Waals surface area contributed by atoms with Crippen LogP contribution in [-0.4, -0.2) is 45.1 Å². The number of carbonyl (C=O) groups excluding carboxylic acids is 1. The van der Waals surface area contributed by atoms with E-state index >= 15 is 0 Å². The predicted molar refractivity (Wildman–Crippen MR) is 90.4 cm³/mol. The molecule has 2 aliphatic rings. The Labute approximate surface area is 140 Å². The monoisotopic (exact) mass is 334 g/mol. The first-order chi connectivity index (χ1) is 11.1. The molecule has 0 bridgehead atoms. The van der Waals surface area contributed by atoms with Crippen LogP contribution in [0.2, 0.25) is 0 Å². The molecule has 2 fully saturated rings. The summed E-state index contributed by atoms with van der Waals surface area (Å²) in [6, 6.07) is 10.5. The maximum absolute atomic E-state index is 12.3. The Morgan fingerprint density at radius 1 is 1.30 bits per heavy atom. The molecule has 23 heavy (non-hydrogen) atoms. The number of hydrogen-bond donors (Lipinski definition) is 2. The van der Waals surface area contributed by atoms with Crippen LogP contribution >= 0.6 is 11.8 Å². The lowest BCUT2D eigenvalue weighted by molar-refractivity contribution is -0.137. The van der Waals surface area contributed by atoms with Gasteiger partial charge in [-0.3, -0.25) is 4.79 Å². The van der Waals surface area contributed by atoms with Gasteiger partial charge in [-0.1, -0.05) is 36.8 Å². The molecule has 0 saturated carbocycles. The van der Waals surface area contributed by atoms with E-state index in [0.717, 1.165) is 24.2 Å². The first kappa shape index (κ1) is 16.2. The lowest BCUT2D eigenvalue weighted by atomic mass is 10.0. The number of urea groups is 1. The number of nitrogens with zero attached hydrogens (tertiary/aromatic N) is 1. The van der Waals surface area contributed by atoms with Crippen molar-refractivity contribution in [3.63, 3.8) is 0 Å². The van der Waals surface area contributed by atoms with Gasteiger partial charge in [-0.25, -0.2) is 4.79 Å². The smallest absolute Gasteiger partial charge is 0.318 e. The topological polar surface area (TPSA) is 69.6 Å². The number of hydrogen-bond acceptors (Lipinski definition) is 3. The van der Waals surface area contributed by atoms with Crippen LogP contribution in [0, 0.1) is 0 Å². The molecule has 2 N–H and O–H groups in total. The standard InChI is InChI=1S/C17H22N2O3S/c20-15(21)9-5-4-8-14-16-13(11-23-14)18-17(22)19(16)10-12-6-2-1-3-7-12/h1-3,6-7,13-14,16H,4-5,8-11H2,(H,18,22)(H,20,21)/t13-,14-,16-/m0/s1. The van der Waals surface area contributed by atoms with Crippen LogP contribution < -0.4 is 5.32 Å². The Kier molecular flexibility index (Phi) is 5.10.